The molecule has 88 valence electrons. The van der Waals surface area contributed by atoms with Gasteiger partial charge in [0.25, 0.3) is 0 Å². The Labute approximate surface area is 105 Å². The summed E-state index contributed by atoms with van der Waals surface area (Å²) in [5.74, 6) is 0.791. The van der Waals surface area contributed by atoms with E-state index in [2.05, 4.69) is 15.6 Å². The van der Waals surface area contributed by atoms with Crippen molar-refractivity contribution in [1.82, 2.24) is 14.9 Å². The van der Waals surface area contributed by atoms with Crippen LogP contribution in [0, 0.1) is 0 Å². The average Bonchev–Trinajstić information content (AvgIpc) is 2.89. The Hall–Kier alpha value is -2.62. The summed E-state index contributed by atoms with van der Waals surface area (Å²) in [6, 6.07) is 19.9. The van der Waals surface area contributed by atoms with Crippen LogP contribution in [0.5, 0.6) is 0 Å². The number of hydrogen-bond acceptors (Lipinski definition) is 3. The van der Waals surface area contributed by atoms with Gasteiger partial charge in [-0.3, -0.25) is 5.43 Å². The van der Waals surface area contributed by atoms with Crippen LogP contribution < -0.4 is 5.43 Å². The maximum atomic E-state index is 4.13. The number of anilines is 1. The van der Waals surface area contributed by atoms with Crippen molar-refractivity contribution >= 4 is 5.69 Å². The van der Waals surface area contributed by atoms with E-state index < -0.39 is 0 Å². The van der Waals surface area contributed by atoms with E-state index in [-0.39, 0.29) is 0 Å². The van der Waals surface area contributed by atoms with E-state index in [0.29, 0.717) is 0 Å². The fourth-order valence-corrected chi connectivity index (χ4v) is 1.75. The van der Waals surface area contributed by atoms with Crippen LogP contribution in [0.2, 0.25) is 0 Å². The minimum absolute atomic E-state index is 0.791. The summed E-state index contributed by atoms with van der Waals surface area (Å²) in [4.78, 5) is 0. The number of hydrogen-bond donors (Lipinski definition) is 1. The highest BCUT2D eigenvalue weighted by Crippen LogP contribution is 2.16. The summed E-state index contributed by atoms with van der Waals surface area (Å²) in [6.07, 6.45) is 1.66. The predicted octanol–water partition coefficient (Wildman–Crippen LogP) is 2.82. The molecule has 18 heavy (non-hydrogen) atoms. The predicted molar refractivity (Wildman–Crippen MR) is 70.9 cm³/mol. The molecule has 0 aliphatic carbocycles. The van der Waals surface area contributed by atoms with Crippen LogP contribution >= 0.6 is 0 Å². The van der Waals surface area contributed by atoms with Crippen LogP contribution in [0.15, 0.2) is 67.0 Å². The van der Waals surface area contributed by atoms with Crippen molar-refractivity contribution in [2.24, 2.45) is 0 Å². The van der Waals surface area contributed by atoms with Crippen LogP contribution in [-0.4, -0.2) is 14.9 Å². The highest BCUT2D eigenvalue weighted by atomic mass is 15.5. The van der Waals surface area contributed by atoms with Gasteiger partial charge in [-0.15, -0.1) is 10.2 Å². The van der Waals surface area contributed by atoms with E-state index in [1.807, 2.05) is 65.3 Å². The van der Waals surface area contributed by atoms with E-state index in [1.165, 1.54) is 0 Å². The summed E-state index contributed by atoms with van der Waals surface area (Å²) in [5.41, 5.74) is 5.26. The maximum Gasteiger partial charge on any atom is 0.182 e. The molecule has 0 aliphatic rings. The van der Waals surface area contributed by atoms with Crippen molar-refractivity contribution in [2.75, 3.05) is 5.43 Å². The van der Waals surface area contributed by atoms with Crippen molar-refractivity contribution in [3.05, 3.63) is 67.0 Å². The van der Waals surface area contributed by atoms with Crippen molar-refractivity contribution in [2.45, 2.75) is 0 Å². The standard InChI is InChI=1S/C14H12N4/c1-3-7-12(8-4-1)14-16-15-11-18(14)17-13-9-5-2-6-10-13/h1-11,17H. The molecule has 3 rings (SSSR count). The molecular formula is C14H12N4. The summed E-state index contributed by atoms with van der Waals surface area (Å²) >= 11 is 0. The smallest absolute Gasteiger partial charge is 0.182 e. The van der Waals surface area contributed by atoms with Crippen LogP contribution in [0.4, 0.5) is 5.69 Å². The maximum absolute atomic E-state index is 4.13. The van der Waals surface area contributed by atoms with Gasteiger partial charge in [0.15, 0.2) is 5.82 Å². The zero-order valence-corrected chi connectivity index (χ0v) is 9.69. The van der Waals surface area contributed by atoms with E-state index >= 15 is 0 Å². The van der Waals surface area contributed by atoms with Crippen molar-refractivity contribution in [1.29, 1.82) is 0 Å². The minimum Gasteiger partial charge on any atom is -0.291 e. The molecule has 0 aliphatic heterocycles. The zero-order chi connectivity index (χ0) is 12.2. The second kappa shape index (κ2) is 4.71. The lowest BCUT2D eigenvalue weighted by Crippen LogP contribution is -2.09. The van der Waals surface area contributed by atoms with E-state index in [1.54, 1.807) is 6.33 Å². The highest BCUT2D eigenvalue weighted by molar-refractivity contribution is 5.56. The first-order valence-electron chi connectivity index (χ1n) is 5.71. The quantitative estimate of drug-likeness (QED) is 0.760. The molecule has 0 fully saturated rings. The molecule has 0 atom stereocenters. The van der Waals surface area contributed by atoms with Gasteiger partial charge in [-0.05, 0) is 12.1 Å². The molecule has 2 aromatic carbocycles. The third kappa shape index (κ3) is 2.08. The Bertz CT molecular complexity index is 617. The summed E-state index contributed by atoms with van der Waals surface area (Å²) in [7, 11) is 0. The second-order valence-electron chi connectivity index (χ2n) is 3.87. The van der Waals surface area contributed by atoms with Crippen LogP contribution in [0.25, 0.3) is 11.4 Å². The lowest BCUT2D eigenvalue weighted by atomic mass is 10.2. The Balaban J connectivity index is 1.93. The third-order valence-corrected chi connectivity index (χ3v) is 2.60. The molecule has 0 amide bonds. The van der Waals surface area contributed by atoms with Gasteiger partial charge in [-0.25, -0.2) is 4.68 Å². The lowest BCUT2D eigenvalue weighted by molar-refractivity contribution is 0.961. The molecule has 4 nitrogen and oxygen atoms in total. The molecule has 0 saturated carbocycles. The molecule has 4 heteroatoms. The third-order valence-electron chi connectivity index (χ3n) is 2.60. The fourth-order valence-electron chi connectivity index (χ4n) is 1.75. The van der Waals surface area contributed by atoms with Gasteiger partial charge in [0, 0.05) is 5.56 Å². The monoisotopic (exact) mass is 236 g/mol. The number of aromatic nitrogens is 3. The SMILES string of the molecule is c1ccc(Nn2cnnc2-c2ccccc2)cc1. The number of nitrogens with zero attached hydrogens (tertiary/aromatic N) is 3. The fraction of sp³-hybridized carbons (Fsp3) is 0. The first-order chi connectivity index (χ1) is 8.93. The molecule has 1 heterocycles. The van der Waals surface area contributed by atoms with Crippen molar-refractivity contribution in [3.8, 4) is 11.4 Å². The van der Waals surface area contributed by atoms with Crippen molar-refractivity contribution < 1.29 is 0 Å². The summed E-state index contributed by atoms with van der Waals surface area (Å²) in [5, 5.41) is 8.08. The van der Waals surface area contributed by atoms with E-state index in [9.17, 15) is 0 Å². The second-order valence-corrected chi connectivity index (χ2v) is 3.87. The normalized spacial score (nSPS) is 10.2. The number of nitrogens with one attached hydrogen (secondary N) is 1. The molecule has 0 radical (unpaired) electrons. The van der Waals surface area contributed by atoms with Crippen LogP contribution in [0.1, 0.15) is 0 Å². The van der Waals surface area contributed by atoms with Gasteiger partial charge in [-0.2, -0.15) is 0 Å². The van der Waals surface area contributed by atoms with E-state index in [4.69, 9.17) is 0 Å². The number of para-hydroxylation sites is 1. The van der Waals surface area contributed by atoms with Crippen LogP contribution in [-0.2, 0) is 0 Å². The van der Waals surface area contributed by atoms with Gasteiger partial charge >= 0.3 is 0 Å². The van der Waals surface area contributed by atoms with Crippen LogP contribution in [0.3, 0.4) is 0 Å². The molecule has 0 unspecified atom stereocenters. The molecule has 1 N–H and O–H groups in total. The highest BCUT2D eigenvalue weighted by Gasteiger charge is 2.06. The number of benzene rings is 2. The molecule has 0 bridgehead atoms. The Morgan fingerprint density at radius 3 is 2.22 bits per heavy atom. The molecule has 1 aromatic heterocycles. The first-order valence-corrected chi connectivity index (χ1v) is 5.71. The number of rotatable bonds is 3. The lowest BCUT2D eigenvalue weighted by Gasteiger charge is -2.09. The summed E-state index contributed by atoms with van der Waals surface area (Å²) < 4.78 is 1.81. The Kier molecular flexibility index (Phi) is 2.75. The Morgan fingerprint density at radius 1 is 0.833 bits per heavy atom. The van der Waals surface area contributed by atoms with Gasteiger partial charge in [0.2, 0.25) is 0 Å². The zero-order valence-electron chi connectivity index (χ0n) is 9.69. The Morgan fingerprint density at radius 2 is 1.50 bits per heavy atom. The van der Waals surface area contributed by atoms with Gasteiger partial charge < -0.3 is 0 Å². The minimum atomic E-state index is 0.791. The summed E-state index contributed by atoms with van der Waals surface area (Å²) in [6.45, 7) is 0. The first kappa shape index (κ1) is 10.5. The molecular weight excluding hydrogens is 224 g/mol. The van der Waals surface area contributed by atoms with Gasteiger partial charge in [0.1, 0.15) is 6.33 Å². The van der Waals surface area contributed by atoms with Crippen molar-refractivity contribution in [3.63, 3.8) is 0 Å². The topological polar surface area (TPSA) is 42.7 Å². The molecule has 3 aromatic rings. The van der Waals surface area contributed by atoms with Gasteiger partial charge in [0.05, 0.1) is 5.69 Å². The average molecular weight is 236 g/mol. The largest absolute Gasteiger partial charge is 0.291 e. The van der Waals surface area contributed by atoms with Gasteiger partial charge in [-0.1, -0.05) is 48.5 Å². The molecule has 0 spiro atoms. The molecule has 0 saturated heterocycles. The van der Waals surface area contributed by atoms with E-state index in [0.717, 1.165) is 17.1 Å².